The number of hydrogen-bond acceptors (Lipinski definition) is 3. The van der Waals surface area contributed by atoms with Gasteiger partial charge >= 0.3 is 0 Å². The van der Waals surface area contributed by atoms with Gasteiger partial charge in [-0.1, -0.05) is 60.7 Å². The van der Waals surface area contributed by atoms with Crippen LogP contribution in [0.4, 0.5) is 0 Å². The first kappa shape index (κ1) is 15.5. The van der Waals surface area contributed by atoms with Gasteiger partial charge in [0.25, 0.3) is 5.97 Å². The Hall–Kier alpha value is -2.88. The van der Waals surface area contributed by atoms with Crippen LogP contribution in [0.3, 0.4) is 0 Å². The van der Waals surface area contributed by atoms with Crippen molar-refractivity contribution in [3.8, 4) is 22.6 Å². The number of nitrogens with zero attached hydrogens (tertiary/aromatic N) is 1. The van der Waals surface area contributed by atoms with E-state index in [2.05, 4.69) is 4.98 Å². The molecule has 0 unspecified atom stereocenters. The minimum absolute atomic E-state index is 0.688. The van der Waals surface area contributed by atoms with E-state index < -0.39 is 5.97 Å². The molecule has 0 radical (unpaired) electrons. The lowest BCUT2D eigenvalue weighted by Crippen LogP contribution is -1.81. The van der Waals surface area contributed by atoms with E-state index in [1.165, 1.54) is 0 Å². The molecule has 0 amide bonds. The van der Waals surface area contributed by atoms with Crippen LogP contribution >= 0.6 is 0 Å². The zero-order chi connectivity index (χ0) is 15.9. The SMILES string of the molecule is CC(=O)O.Cc1nc(-c2ccccc2)c(-c2ccccc2)o1. The second-order valence-electron chi connectivity index (χ2n) is 4.66. The Labute approximate surface area is 129 Å². The van der Waals surface area contributed by atoms with Crippen molar-refractivity contribution in [2.45, 2.75) is 13.8 Å². The highest BCUT2D eigenvalue weighted by atomic mass is 16.4. The first-order chi connectivity index (χ1) is 10.6. The number of rotatable bonds is 2. The Bertz CT molecular complexity index is 673. The Balaban J connectivity index is 0.000000396. The number of oxazole rings is 1. The van der Waals surface area contributed by atoms with Gasteiger partial charge in [-0.3, -0.25) is 4.79 Å². The van der Waals surface area contributed by atoms with Crippen molar-refractivity contribution in [2.75, 3.05) is 0 Å². The number of hydrogen-bond donors (Lipinski definition) is 1. The molecule has 1 heterocycles. The Morgan fingerprint density at radius 2 is 1.41 bits per heavy atom. The maximum atomic E-state index is 9.00. The second kappa shape index (κ2) is 7.22. The zero-order valence-corrected chi connectivity index (χ0v) is 12.5. The molecule has 0 fully saturated rings. The van der Waals surface area contributed by atoms with Gasteiger partial charge in [-0.15, -0.1) is 0 Å². The van der Waals surface area contributed by atoms with Crippen LogP contribution in [0, 0.1) is 6.92 Å². The van der Waals surface area contributed by atoms with Gasteiger partial charge in [0.1, 0.15) is 5.69 Å². The van der Waals surface area contributed by atoms with Crippen LogP contribution in [0.25, 0.3) is 22.6 Å². The van der Waals surface area contributed by atoms with Crippen LogP contribution < -0.4 is 0 Å². The van der Waals surface area contributed by atoms with E-state index in [-0.39, 0.29) is 0 Å². The lowest BCUT2D eigenvalue weighted by Gasteiger charge is -2.00. The molecule has 0 aliphatic heterocycles. The van der Waals surface area contributed by atoms with Gasteiger partial charge in [0, 0.05) is 25.0 Å². The van der Waals surface area contributed by atoms with Gasteiger partial charge in [0.2, 0.25) is 0 Å². The van der Waals surface area contributed by atoms with Crippen LogP contribution in [0.15, 0.2) is 65.1 Å². The fourth-order valence-corrected chi connectivity index (χ4v) is 2.00. The standard InChI is InChI=1S/C16H13NO.C2H4O2/c1-12-17-15(13-8-4-2-5-9-13)16(18-12)14-10-6-3-7-11-14;1-2(3)4/h2-11H,1H3;1H3,(H,3,4). The van der Waals surface area contributed by atoms with Gasteiger partial charge in [0.05, 0.1) is 0 Å². The fourth-order valence-electron chi connectivity index (χ4n) is 2.00. The summed E-state index contributed by atoms with van der Waals surface area (Å²) >= 11 is 0. The molecule has 4 nitrogen and oxygen atoms in total. The van der Waals surface area contributed by atoms with E-state index >= 15 is 0 Å². The number of carboxylic acids is 1. The molecule has 4 heteroatoms. The largest absolute Gasteiger partial charge is 0.481 e. The summed E-state index contributed by atoms with van der Waals surface area (Å²) in [6, 6.07) is 20.2. The zero-order valence-electron chi connectivity index (χ0n) is 12.5. The molecule has 1 N–H and O–H groups in total. The summed E-state index contributed by atoms with van der Waals surface area (Å²) < 4.78 is 5.74. The van der Waals surface area contributed by atoms with Gasteiger partial charge in [-0.25, -0.2) is 4.98 Å². The van der Waals surface area contributed by atoms with Crippen molar-refractivity contribution >= 4 is 5.97 Å². The van der Waals surface area contributed by atoms with E-state index in [1.807, 2.05) is 67.6 Å². The summed E-state index contributed by atoms with van der Waals surface area (Å²) in [5, 5.41) is 7.42. The highest BCUT2D eigenvalue weighted by Crippen LogP contribution is 2.32. The predicted octanol–water partition coefficient (Wildman–Crippen LogP) is 4.41. The summed E-state index contributed by atoms with van der Waals surface area (Å²) in [4.78, 5) is 13.5. The van der Waals surface area contributed by atoms with Crippen LogP contribution in [0.5, 0.6) is 0 Å². The average molecular weight is 295 g/mol. The van der Waals surface area contributed by atoms with Gasteiger partial charge in [-0.2, -0.15) is 0 Å². The van der Waals surface area contributed by atoms with E-state index in [9.17, 15) is 0 Å². The number of aryl methyl sites for hydroxylation is 1. The summed E-state index contributed by atoms with van der Waals surface area (Å²) in [7, 11) is 0. The Kier molecular flexibility index (Phi) is 5.09. The number of aromatic nitrogens is 1. The molecule has 0 aliphatic carbocycles. The monoisotopic (exact) mass is 295 g/mol. The summed E-state index contributed by atoms with van der Waals surface area (Å²) in [6.45, 7) is 2.96. The first-order valence-corrected chi connectivity index (χ1v) is 6.85. The maximum absolute atomic E-state index is 9.00. The molecular weight excluding hydrogens is 278 g/mol. The van der Waals surface area contributed by atoms with Gasteiger partial charge in [0.15, 0.2) is 11.7 Å². The number of benzene rings is 2. The molecule has 3 rings (SSSR count). The van der Waals surface area contributed by atoms with Crippen molar-refractivity contribution in [3.63, 3.8) is 0 Å². The highest BCUT2D eigenvalue weighted by molar-refractivity contribution is 5.76. The van der Waals surface area contributed by atoms with Crippen molar-refractivity contribution in [1.29, 1.82) is 0 Å². The third-order valence-electron chi connectivity index (χ3n) is 2.82. The fraction of sp³-hybridized carbons (Fsp3) is 0.111. The van der Waals surface area contributed by atoms with Crippen molar-refractivity contribution in [2.24, 2.45) is 0 Å². The normalized spacial score (nSPS) is 9.73. The minimum atomic E-state index is -0.833. The maximum Gasteiger partial charge on any atom is 0.300 e. The summed E-state index contributed by atoms with van der Waals surface area (Å²) in [5.74, 6) is 0.687. The number of aliphatic carboxylic acids is 1. The predicted molar refractivity (Wildman–Crippen MR) is 85.4 cm³/mol. The molecule has 0 atom stereocenters. The molecule has 1 aromatic heterocycles. The van der Waals surface area contributed by atoms with Crippen molar-refractivity contribution in [3.05, 3.63) is 66.6 Å². The highest BCUT2D eigenvalue weighted by Gasteiger charge is 2.14. The lowest BCUT2D eigenvalue weighted by molar-refractivity contribution is -0.134. The minimum Gasteiger partial charge on any atom is -0.481 e. The summed E-state index contributed by atoms with van der Waals surface area (Å²) in [6.07, 6.45) is 0. The van der Waals surface area contributed by atoms with Crippen LogP contribution in [0.1, 0.15) is 12.8 Å². The van der Waals surface area contributed by atoms with Gasteiger partial charge < -0.3 is 9.52 Å². The molecule has 0 spiro atoms. The second-order valence-corrected chi connectivity index (χ2v) is 4.66. The topological polar surface area (TPSA) is 63.3 Å². The molecular formula is C18H17NO3. The molecule has 112 valence electrons. The average Bonchev–Trinajstić information content (AvgIpc) is 2.90. The smallest absolute Gasteiger partial charge is 0.300 e. The third-order valence-corrected chi connectivity index (χ3v) is 2.82. The van der Waals surface area contributed by atoms with E-state index in [0.29, 0.717) is 5.89 Å². The van der Waals surface area contributed by atoms with E-state index in [0.717, 1.165) is 29.5 Å². The van der Waals surface area contributed by atoms with Crippen LogP contribution in [-0.2, 0) is 4.79 Å². The van der Waals surface area contributed by atoms with E-state index in [1.54, 1.807) is 0 Å². The Morgan fingerprint density at radius 1 is 0.955 bits per heavy atom. The quantitative estimate of drug-likeness (QED) is 0.760. The Morgan fingerprint density at radius 3 is 1.91 bits per heavy atom. The lowest BCUT2D eigenvalue weighted by atomic mass is 10.1. The third kappa shape index (κ3) is 4.06. The molecule has 22 heavy (non-hydrogen) atoms. The first-order valence-electron chi connectivity index (χ1n) is 6.85. The van der Waals surface area contributed by atoms with Crippen molar-refractivity contribution < 1.29 is 14.3 Å². The van der Waals surface area contributed by atoms with Crippen molar-refractivity contribution in [1.82, 2.24) is 4.98 Å². The number of carboxylic acid groups (broad SMARTS) is 1. The number of carbonyl (C=O) groups is 1. The molecule has 0 saturated carbocycles. The van der Waals surface area contributed by atoms with Gasteiger partial charge in [-0.05, 0) is 0 Å². The molecule has 2 aromatic carbocycles. The van der Waals surface area contributed by atoms with Crippen LogP contribution in [-0.4, -0.2) is 16.1 Å². The molecule has 3 aromatic rings. The summed E-state index contributed by atoms with van der Waals surface area (Å²) in [5.41, 5.74) is 3.03. The van der Waals surface area contributed by atoms with Crippen LogP contribution in [0.2, 0.25) is 0 Å². The van der Waals surface area contributed by atoms with E-state index in [4.69, 9.17) is 14.3 Å². The molecule has 0 saturated heterocycles. The molecule has 0 aliphatic rings. The molecule has 0 bridgehead atoms.